The van der Waals surface area contributed by atoms with E-state index in [4.69, 9.17) is 9.94 Å². The quantitative estimate of drug-likeness (QED) is 0.303. The fourth-order valence-corrected chi connectivity index (χ4v) is 7.08. The van der Waals surface area contributed by atoms with Gasteiger partial charge in [-0.2, -0.15) is 5.06 Å². The zero-order valence-corrected chi connectivity index (χ0v) is 27.1. The normalized spacial score (nSPS) is 23.7. The third-order valence-corrected chi connectivity index (χ3v) is 9.35. The van der Waals surface area contributed by atoms with Crippen molar-refractivity contribution in [3.05, 3.63) is 29.3 Å². The van der Waals surface area contributed by atoms with Gasteiger partial charge in [0.25, 0.3) is 11.8 Å². The number of phenols is 1. The van der Waals surface area contributed by atoms with Gasteiger partial charge in [0.15, 0.2) is 12.3 Å². The number of aromatic nitrogens is 1. The number of carbonyl (C=O) groups is 3. The number of rotatable bonds is 10. The number of fused-ring (bicyclic) bond motifs is 2. The van der Waals surface area contributed by atoms with Crippen LogP contribution in [0.15, 0.2) is 24.3 Å². The Kier molecular flexibility index (Phi) is 9.64. The van der Waals surface area contributed by atoms with Crippen molar-refractivity contribution in [1.82, 2.24) is 24.7 Å². The summed E-state index contributed by atoms with van der Waals surface area (Å²) in [5, 5.41) is 20.8. The molecule has 12 heteroatoms. The summed E-state index contributed by atoms with van der Waals surface area (Å²) < 4.78 is 0.884. The van der Waals surface area contributed by atoms with Crippen molar-refractivity contribution in [1.29, 1.82) is 0 Å². The van der Waals surface area contributed by atoms with Crippen molar-refractivity contribution in [2.75, 3.05) is 32.8 Å². The maximum Gasteiger partial charge on any atom is 0.272 e. The predicted molar refractivity (Wildman–Crippen MR) is 168 cm³/mol. The van der Waals surface area contributed by atoms with E-state index in [-0.39, 0.29) is 48.1 Å². The minimum absolute atomic E-state index is 0.0172. The van der Waals surface area contributed by atoms with Crippen molar-refractivity contribution >= 4 is 45.4 Å². The number of aliphatic hydroxyl groups is 1. The minimum atomic E-state index is -0.874. The van der Waals surface area contributed by atoms with E-state index in [0.717, 1.165) is 37.2 Å². The summed E-state index contributed by atoms with van der Waals surface area (Å²) in [5.41, 5.74) is 0.397. The number of likely N-dealkylation sites (tertiary alicyclic amines) is 1. The molecule has 1 aromatic heterocycles. The summed E-state index contributed by atoms with van der Waals surface area (Å²) in [5.74, 6) is -0.485. The molecular weight excluding hydrogens is 582 g/mol. The van der Waals surface area contributed by atoms with E-state index in [2.05, 4.69) is 30.7 Å². The van der Waals surface area contributed by atoms with E-state index in [0.29, 0.717) is 23.4 Å². The molecule has 1 aromatic carbocycles. The second-order valence-corrected chi connectivity index (χ2v) is 14.8. The molecule has 3 fully saturated rings. The number of unbranched alkanes of at least 4 members (excludes halogenated alkanes) is 1. The fourth-order valence-electron chi connectivity index (χ4n) is 6.23. The van der Waals surface area contributed by atoms with Crippen LogP contribution >= 0.6 is 11.3 Å². The first-order chi connectivity index (χ1) is 20.8. The lowest BCUT2D eigenvalue weighted by Crippen LogP contribution is -2.76. The number of phenolic OH excluding ortho intramolecular Hbond substituents is 1. The second kappa shape index (κ2) is 13.1. The third kappa shape index (κ3) is 7.09. The van der Waals surface area contributed by atoms with E-state index < -0.39 is 24.2 Å². The van der Waals surface area contributed by atoms with Gasteiger partial charge in [-0.1, -0.05) is 34.6 Å². The van der Waals surface area contributed by atoms with Crippen LogP contribution in [-0.2, 0) is 19.2 Å². The summed E-state index contributed by atoms with van der Waals surface area (Å²) in [6, 6.07) is 4.24. The van der Waals surface area contributed by atoms with Gasteiger partial charge in [-0.05, 0) is 61.8 Å². The van der Waals surface area contributed by atoms with Gasteiger partial charge in [0, 0.05) is 31.8 Å². The Labute approximate surface area is 263 Å². The molecule has 0 radical (unpaired) electrons. The van der Waals surface area contributed by atoms with Gasteiger partial charge >= 0.3 is 0 Å². The van der Waals surface area contributed by atoms with E-state index in [1.165, 1.54) is 22.5 Å². The van der Waals surface area contributed by atoms with Crippen LogP contribution in [-0.4, -0.2) is 110 Å². The highest BCUT2D eigenvalue weighted by molar-refractivity contribution is 7.19. The van der Waals surface area contributed by atoms with Gasteiger partial charge in [0.05, 0.1) is 22.8 Å². The monoisotopic (exact) mass is 627 g/mol. The summed E-state index contributed by atoms with van der Waals surface area (Å²) in [4.78, 5) is 58.4. The molecule has 3 amide bonds. The Balaban J connectivity index is 1.43. The van der Waals surface area contributed by atoms with Gasteiger partial charge in [-0.3, -0.25) is 24.1 Å². The molecule has 0 aliphatic carbocycles. The molecule has 2 N–H and O–H groups in total. The number of nitrogens with zero attached hydrogens (tertiary/aromatic N) is 5. The van der Waals surface area contributed by atoms with E-state index in [1.54, 1.807) is 29.2 Å². The number of benzene rings is 1. The SMILES string of the molecule is CC(C)C[C@H]1ON(C(=O)/C=C/c2nc3cc(O)ccc3s2)[C@H]2CN(C3CN(CCCCO)C3)C(=O)[C@H](CC(C)(C)C)N2C1=O. The number of amides is 3. The van der Waals surface area contributed by atoms with Crippen molar-refractivity contribution in [3.63, 3.8) is 0 Å². The second-order valence-electron chi connectivity index (χ2n) is 13.8. The largest absolute Gasteiger partial charge is 0.508 e. The van der Waals surface area contributed by atoms with Crippen LogP contribution in [0.1, 0.15) is 65.3 Å². The minimum Gasteiger partial charge on any atom is -0.508 e. The van der Waals surface area contributed by atoms with Gasteiger partial charge in [-0.15, -0.1) is 11.3 Å². The Bertz CT molecular complexity index is 1400. The number of carbonyl (C=O) groups excluding carboxylic acids is 3. The molecule has 3 aliphatic rings. The van der Waals surface area contributed by atoms with Crippen LogP contribution in [0, 0.1) is 11.3 Å². The number of hydrogen-bond acceptors (Lipinski definition) is 9. The molecule has 0 unspecified atom stereocenters. The first kappa shape index (κ1) is 32.3. The van der Waals surface area contributed by atoms with E-state index >= 15 is 0 Å². The molecule has 3 atom stereocenters. The lowest BCUT2D eigenvalue weighted by atomic mass is 9.84. The Morgan fingerprint density at radius 3 is 2.59 bits per heavy atom. The molecule has 44 heavy (non-hydrogen) atoms. The van der Waals surface area contributed by atoms with Gasteiger partial charge in [0.1, 0.15) is 16.8 Å². The van der Waals surface area contributed by atoms with Crippen LogP contribution in [0.3, 0.4) is 0 Å². The van der Waals surface area contributed by atoms with Crippen molar-refractivity contribution in [2.45, 2.75) is 84.7 Å². The lowest BCUT2D eigenvalue weighted by molar-refractivity contribution is -0.276. The zero-order chi connectivity index (χ0) is 31.8. The third-order valence-electron chi connectivity index (χ3n) is 8.35. The molecule has 240 valence electrons. The predicted octanol–water partition coefficient (Wildman–Crippen LogP) is 3.46. The fraction of sp³-hybridized carbons (Fsp3) is 0.625. The molecule has 5 rings (SSSR count). The Morgan fingerprint density at radius 1 is 1.16 bits per heavy atom. The summed E-state index contributed by atoms with van der Waals surface area (Å²) >= 11 is 1.40. The average Bonchev–Trinajstić information content (AvgIpc) is 3.33. The molecular formula is C32H45N5O6S. The van der Waals surface area contributed by atoms with Crippen molar-refractivity contribution < 1.29 is 29.4 Å². The highest BCUT2D eigenvalue weighted by Gasteiger charge is 2.55. The topological polar surface area (TPSA) is 127 Å². The number of aliphatic hydroxyl groups excluding tert-OH is 1. The number of hydroxylamine groups is 2. The Morgan fingerprint density at radius 2 is 1.91 bits per heavy atom. The summed E-state index contributed by atoms with van der Waals surface area (Å²) in [7, 11) is 0. The van der Waals surface area contributed by atoms with Crippen molar-refractivity contribution in [2.24, 2.45) is 11.3 Å². The maximum absolute atomic E-state index is 14.1. The first-order valence-corrected chi connectivity index (χ1v) is 16.4. The molecule has 3 aliphatic heterocycles. The molecule has 0 saturated carbocycles. The maximum atomic E-state index is 14.1. The van der Waals surface area contributed by atoms with Gasteiger partial charge in [0.2, 0.25) is 5.91 Å². The van der Waals surface area contributed by atoms with Crippen LogP contribution < -0.4 is 0 Å². The van der Waals surface area contributed by atoms with Crippen molar-refractivity contribution in [3.8, 4) is 5.75 Å². The smallest absolute Gasteiger partial charge is 0.272 e. The highest BCUT2D eigenvalue weighted by atomic mass is 32.1. The van der Waals surface area contributed by atoms with Crippen LogP contribution in [0.2, 0.25) is 0 Å². The molecule has 11 nitrogen and oxygen atoms in total. The zero-order valence-electron chi connectivity index (χ0n) is 26.3. The summed E-state index contributed by atoms with van der Waals surface area (Å²) in [6.45, 7) is 12.8. The van der Waals surface area contributed by atoms with E-state index in [1.807, 2.05) is 18.7 Å². The van der Waals surface area contributed by atoms with Crippen LogP contribution in [0.4, 0.5) is 0 Å². The molecule has 3 saturated heterocycles. The Hall–Kier alpha value is -3.06. The van der Waals surface area contributed by atoms with Gasteiger partial charge in [-0.25, -0.2) is 4.98 Å². The first-order valence-electron chi connectivity index (χ1n) is 15.6. The number of hydrogen-bond donors (Lipinski definition) is 2. The lowest BCUT2D eigenvalue weighted by Gasteiger charge is -2.57. The average molecular weight is 628 g/mol. The molecule has 2 aromatic rings. The van der Waals surface area contributed by atoms with E-state index in [9.17, 15) is 19.5 Å². The van der Waals surface area contributed by atoms with Crippen LogP contribution in [0.25, 0.3) is 16.3 Å². The molecule has 0 spiro atoms. The number of thiazole rings is 1. The number of piperazine rings is 1. The summed E-state index contributed by atoms with van der Waals surface area (Å²) in [6.07, 6.45) is 3.92. The highest BCUT2D eigenvalue weighted by Crippen LogP contribution is 2.36. The van der Waals surface area contributed by atoms with Crippen LogP contribution in [0.5, 0.6) is 5.75 Å². The molecule has 4 heterocycles. The van der Waals surface area contributed by atoms with Gasteiger partial charge < -0.3 is 20.0 Å². The standard InChI is InChI=1S/C32H45N5O6S/c1-20(2)14-25-31(42)36-24(16-32(3,4)5)30(41)35(21-17-34(18-21)12-6-7-13-38)19-28(36)37(43-25)29(40)11-10-27-33-23-15-22(39)8-9-26(23)44-27/h8-11,15,20-21,24-25,28,38-39H,6-7,12-14,16-19H2,1-5H3/b11-10+/t24-,25+,28-/m0/s1. The molecule has 0 bridgehead atoms. The number of aromatic hydroxyl groups is 1.